The fraction of sp³-hybridized carbons (Fsp3) is 0.448. The minimum atomic E-state index is -1.05. The maximum Gasteiger partial charge on any atom is 0.243 e. The number of aromatic hydroxyl groups is 1. The Labute approximate surface area is 251 Å². The molecule has 2 aromatic rings. The number of hydrogen-bond donors (Lipinski definition) is 9. The molecule has 0 aromatic heterocycles. The number of carbonyl (C=O) groups is 3. The number of phenols is 1. The van der Waals surface area contributed by atoms with Gasteiger partial charge in [0.25, 0.3) is 0 Å². The number of benzene rings is 2. The zero-order valence-corrected chi connectivity index (χ0v) is 24.5. The fourth-order valence-corrected chi connectivity index (χ4v) is 4.19. The average molecular weight is 602 g/mol. The topological polar surface area (TPSA) is 234 Å². The van der Waals surface area contributed by atoms with Crippen LogP contribution in [0.25, 0.3) is 0 Å². The van der Waals surface area contributed by atoms with Crippen molar-refractivity contribution in [2.45, 2.75) is 50.2 Å². The summed E-state index contributed by atoms with van der Waals surface area (Å²) in [6.07, 6.45) is 1.14. The van der Waals surface area contributed by atoms with E-state index < -0.39 is 35.8 Å². The molecule has 0 saturated carbocycles. The lowest BCUT2D eigenvalue weighted by Gasteiger charge is -2.25. The van der Waals surface area contributed by atoms with Gasteiger partial charge in [-0.3, -0.25) is 19.8 Å². The van der Waals surface area contributed by atoms with Crippen molar-refractivity contribution < 1.29 is 34.1 Å². The number of hydrogen-bond acceptors (Lipinski definition) is 9. The molecule has 0 saturated heterocycles. The van der Waals surface area contributed by atoms with Crippen LogP contribution in [-0.4, -0.2) is 85.9 Å². The first-order chi connectivity index (χ1) is 20.6. The summed E-state index contributed by atoms with van der Waals surface area (Å²) in [5.74, 6) is -0.825. The van der Waals surface area contributed by atoms with Gasteiger partial charge in [-0.15, -0.1) is 0 Å². The van der Waals surface area contributed by atoms with Crippen molar-refractivity contribution in [1.29, 1.82) is 5.41 Å². The number of nitrogens with one attached hydrogen (secondary N) is 5. The van der Waals surface area contributed by atoms with E-state index in [-0.39, 0.29) is 50.7 Å². The highest BCUT2D eigenvalue weighted by atomic mass is 16.5. The van der Waals surface area contributed by atoms with Crippen LogP contribution in [-0.2, 0) is 27.2 Å². The van der Waals surface area contributed by atoms with Crippen molar-refractivity contribution in [1.82, 2.24) is 21.3 Å². The summed E-state index contributed by atoms with van der Waals surface area (Å²) >= 11 is 0. The molecule has 0 bridgehead atoms. The number of amides is 3. The summed E-state index contributed by atoms with van der Waals surface area (Å²) in [4.78, 5) is 39.7. The minimum Gasteiger partial charge on any atom is -0.508 e. The lowest BCUT2D eigenvalue weighted by atomic mass is 10.0. The maximum absolute atomic E-state index is 13.5. The lowest BCUT2D eigenvalue weighted by Crippen LogP contribution is -2.56. The molecule has 3 amide bonds. The molecule has 43 heavy (non-hydrogen) atoms. The highest BCUT2D eigenvalue weighted by Crippen LogP contribution is 2.28. The van der Waals surface area contributed by atoms with Gasteiger partial charge in [-0.25, -0.2) is 0 Å². The highest BCUT2D eigenvalue weighted by molar-refractivity contribution is 5.93. The molecular weight excluding hydrogens is 558 g/mol. The van der Waals surface area contributed by atoms with Crippen LogP contribution in [0.4, 0.5) is 0 Å². The largest absolute Gasteiger partial charge is 0.508 e. The Balaban J connectivity index is 2.22. The van der Waals surface area contributed by atoms with E-state index in [0.29, 0.717) is 29.9 Å². The van der Waals surface area contributed by atoms with Crippen molar-refractivity contribution in [3.05, 3.63) is 53.6 Å². The van der Waals surface area contributed by atoms with Gasteiger partial charge in [0.15, 0.2) is 17.5 Å². The van der Waals surface area contributed by atoms with Gasteiger partial charge in [-0.2, -0.15) is 0 Å². The Morgan fingerprint density at radius 1 is 0.837 bits per heavy atom. The van der Waals surface area contributed by atoms with Crippen LogP contribution in [0.15, 0.2) is 42.5 Å². The second-order valence-electron chi connectivity index (χ2n) is 9.84. The van der Waals surface area contributed by atoms with Crippen molar-refractivity contribution >= 4 is 23.7 Å². The number of rotatable bonds is 18. The number of methoxy groups -OCH3 is 2. The molecule has 3 atom stereocenters. The van der Waals surface area contributed by atoms with E-state index in [4.69, 9.17) is 31.5 Å². The summed E-state index contributed by atoms with van der Waals surface area (Å²) in [7, 11) is 3.00. The molecule has 0 heterocycles. The number of aliphatic hydroxyl groups is 1. The Bertz CT molecular complexity index is 1210. The van der Waals surface area contributed by atoms with Crippen molar-refractivity contribution in [3.63, 3.8) is 0 Å². The van der Waals surface area contributed by atoms with Gasteiger partial charge in [0.1, 0.15) is 17.8 Å². The van der Waals surface area contributed by atoms with E-state index in [1.807, 2.05) is 0 Å². The SMILES string of the molecule is COc1ccc(CC(NC(=O)[C@@H](CCCNC(=N)N)NC(=O)C(N)Cc2ccc(O)cc2)C(=O)NCCCO)cc1OC. The summed E-state index contributed by atoms with van der Waals surface area (Å²) in [5, 5.41) is 36.8. The van der Waals surface area contributed by atoms with E-state index in [9.17, 15) is 19.5 Å². The molecule has 2 rings (SSSR count). The molecule has 14 nitrogen and oxygen atoms in total. The molecule has 14 heteroatoms. The number of ether oxygens (including phenoxy) is 2. The Kier molecular flexibility index (Phi) is 14.6. The fourth-order valence-electron chi connectivity index (χ4n) is 4.19. The van der Waals surface area contributed by atoms with Crippen molar-refractivity contribution in [2.75, 3.05) is 33.9 Å². The van der Waals surface area contributed by atoms with Crippen molar-refractivity contribution in [3.8, 4) is 17.2 Å². The zero-order valence-electron chi connectivity index (χ0n) is 24.5. The van der Waals surface area contributed by atoms with E-state index in [0.717, 1.165) is 5.56 Å². The van der Waals surface area contributed by atoms with E-state index in [2.05, 4.69) is 21.3 Å². The molecule has 0 aliphatic carbocycles. The number of carbonyl (C=O) groups excluding carboxylic acids is 3. The second-order valence-corrected chi connectivity index (χ2v) is 9.84. The van der Waals surface area contributed by atoms with Crippen LogP contribution in [0.3, 0.4) is 0 Å². The third-order valence-electron chi connectivity index (χ3n) is 6.50. The summed E-state index contributed by atoms with van der Waals surface area (Å²) in [6, 6.07) is 8.35. The molecule has 0 fully saturated rings. The van der Waals surface area contributed by atoms with Gasteiger partial charge >= 0.3 is 0 Å². The predicted molar refractivity (Wildman–Crippen MR) is 161 cm³/mol. The summed E-state index contributed by atoms with van der Waals surface area (Å²) in [6.45, 7) is 0.377. The van der Waals surface area contributed by atoms with Crippen LogP contribution in [0.2, 0.25) is 0 Å². The normalized spacial score (nSPS) is 12.7. The minimum absolute atomic E-state index is 0.0840. The smallest absolute Gasteiger partial charge is 0.243 e. The average Bonchev–Trinajstić information content (AvgIpc) is 2.99. The van der Waals surface area contributed by atoms with Gasteiger partial charge < -0.3 is 52.4 Å². The molecule has 0 spiro atoms. The van der Waals surface area contributed by atoms with Gasteiger partial charge in [-0.1, -0.05) is 18.2 Å². The lowest BCUT2D eigenvalue weighted by molar-refractivity contribution is -0.132. The molecule has 236 valence electrons. The Morgan fingerprint density at radius 3 is 2.09 bits per heavy atom. The van der Waals surface area contributed by atoms with Crippen LogP contribution >= 0.6 is 0 Å². The third kappa shape index (κ3) is 12.1. The first kappa shape index (κ1) is 34.6. The quantitative estimate of drug-likeness (QED) is 0.0589. The molecule has 11 N–H and O–H groups in total. The van der Waals surface area contributed by atoms with Gasteiger partial charge in [0.05, 0.1) is 20.3 Å². The first-order valence-corrected chi connectivity index (χ1v) is 13.9. The summed E-state index contributed by atoms with van der Waals surface area (Å²) < 4.78 is 10.6. The zero-order chi connectivity index (χ0) is 31.8. The van der Waals surface area contributed by atoms with Crippen LogP contribution in [0.1, 0.15) is 30.4 Å². The van der Waals surface area contributed by atoms with Gasteiger partial charge in [-0.05, 0) is 61.1 Å². The number of nitrogens with two attached hydrogens (primary N) is 2. The molecule has 0 radical (unpaired) electrons. The Hall–Kier alpha value is -4.56. The first-order valence-electron chi connectivity index (χ1n) is 13.9. The molecule has 0 aliphatic rings. The molecule has 2 unspecified atom stereocenters. The Morgan fingerprint density at radius 2 is 1.47 bits per heavy atom. The number of guanidine groups is 1. The molecule has 0 aliphatic heterocycles. The van der Waals surface area contributed by atoms with Crippen LogP contribution < -0.4 is 42.2 Å². The van der Waals surface area contributed by atoms with E-state index in [1.165, 1.54) is 26.4 Å². The van der Waals surface area contributed by atoms with Crippen LogP contribution in [0, 0.1) is 5.41 Å². The van der Waals surface area contributed by atoms with Gasteiger partial charge in [0.2, 0.25) is 17.7 Å². The van der Waals surface area contributed by atoms with Crippen molar-refractivity contribution in [2.24, 2.45) is 11.5 Å². The van der Waals surface area contributed by atoms with E-state index in [1.54, 1.807) is 30.3 Å². The standard InChI is InChI=1S/C29H43N7O7/c1-42-24-11-8-19(17-25(24)43-2)16-23(27(40)33-13-4-14-37)36-28(41)22(5-3-12-34-29(31)32)35-26(39)21(30)15-18-6-9-20(38)10-7-18/h6-11,17,21-23,37-38H,3-5,12-16,30H2,1-2H3,(H,33,40)(H,35,39)(H,36,41)(H4,31,32,34)/t21?,22-,23?/m1/s1. The monoisotopic (exact) mass is 601 g/mol. The number of aliphatic hydroxyl groups excluding tert-OH is 1. The van der Waals surface area contributed by atoms with Crippen LogP contribution in [0.5, 0.6) is 17.2 Å². The second kappa shape index (κ2) is 18.1. The third-order valence-corrected chi connectivity index (χ3v) is 6.50. The highest BCUT2D eigenvalue weighted by Gasteiger charge is 2.28. The van der Waals surface area contributed by atoms with E-state index >= 15 is 0 Å². The molecule has 2 aromatic carbocycles. The van der Waals surface area contributed by atoms with Gasteiger partial charge in [0, 0.05) is 26.1 Å². The summed E-state index contributed by atoms with van der Waals surface area (Å²) in [5.41, 5.74) is 12.9. The maximum atomic E-state index is 13.5. The number of phenolic OH excluding ortho intramolecular Hbond substituents is 1. The predicted octanol–water partition coefficient (Wildman–Crippen LogP) is -0.747. The molecular formula is C29H43N7O7.